The number of aromatic amines is 1. The summed E-state index contributed by atoms with van der Waals surface area (Å²) in [6.07, 6.45) is 1.53. The van der Waals surface area contributed by atoms with Crippen molar-refractivity contribution < 1.29 is 23.7 Å². The molecule has 1 aliphatic rings. The fourth-order valence-corrected chi connectivity index (χ4v) is 7.69. The fraction of sp³-hybridized carbons (Fsp3) is 0.255. The van der Waals surface area contributed by atoms with E-state index in [4.69, 9.17) is 23.7 Å². The Kier molecular flexibility index (Phi) is 13.0. The molecule has 2 heterocycles. The summed E-state index contributed by atoms with van der Waals surface area (Å²) in [5.41, 5.74) is 10.3. The summed E-state index contributed by atoms with van der Waals surface area (Å²) in [5, 5.41) is 1.17. The SMILES string of the molecule is CCc1ccc(Cc2c[nH]c3ccc([C@@H]4O[C@H](COCc5ccccc5)[C@@H](OCc5ccccc5)[C@H](OCc5ccccc5)[C@H]4OCc4ccccc4)cc23)cc1. The molecule has 0 amide bonds. The van der Waals surface area contributed by atoms with E-state index < -0.39 is 30.5 Å². The van der Waals surface area contributed by atoms with Crippen molar-refractivity contribution in [3.05, 3.63) is 214 Å². The summed E-state index contributed by atoms with van der Waals surface area (Å²) >= 11 is 0. The van der Waals surface area contributed by atoms with E-state index >= 15 is 0 Å². The van der Waals surface area contributed by atoms with Crippen molar-refractivity contribution in [3.8, 4) is 0 Å². The highest BCUT2D eigenvalue weighted by Crippen LogP contribution is 2.40. The van der Waals surface area contributed by atoms with Gasteiger partial charge in [-0.1, -0.05) is 159 Å². The number of hydrogen-bond acceptors (Lipinski definition) is 5. The molecule has 290 valence electrons. The van der Waals surface area contributed by atoms with E-state index in [1.807, 2.05) is 72.8 Å². The highest BCUT2D eigenvalue weighted by atomic mass is 16.6. The maximum Gasteiger partial charge on any atom is 0.117 e. The summed E-state index contributed by atoms with van der Waals surface area (Å²) in [7, 11) is 0. The average Bonchev–Trinajstić information content (AvgIpc) is 3.67. The monoisotopic (exact) mass is 757 g/mol. The number of nitrogens with one attached hydrogen (secondary N) is 1. The van der Waals surface area contributed by atoms with Gasteiger partial charge in [-0.25, -0.2) is 0 Å². The van der Waals surface area contributed by atoms with E-state index in [-0.39, 0.29) is 0 Å². The third-order valence-electron chi connectivity index (χ3n) is 10.8. The van der Waals surface area contributed by atoms with Crippen LogP contribution in [0.25, 0.3) is 10.9 Å². The summed E-state index contributed by atoms with van der Waals surface area (Å²) < 4.78 is 34.6. The van der Waals surface area contributed by atoms with Crippen LogP contribution < -0.4 is 0 Å². The first-order valence-corrected chi connectivity index (χ1v) is 20.1. The molecule has 8 rings (SSSR count). The second-order valence-electron chi connectivity index (χ2n) is 14.8. The second-order valence-corrected chi connectivity index (χ2v) is 14.8. The van der Waals surface area contributed by atoms with Crippen molar-refractivity contribution >= 4 is 10.9 Å². The molecule has 6 aromatic carbocycles. The molecule has 57 heavy (non-hydrogen) atoms. The molecule has 0 spiro atoms. The van der Waals surface area contributed by atoms with Crippen LogP contribution in [0.15, 0.2) is 170 Å². The van der Waals surface area contributed by atoms with Crippen molar-refractivity contribution in [2.45, 2.75) is 76.7 Å². The van der Waals surface area contributed by atoms with Crippen LogP contribution in [0.4, 0.5) is 0 Å². The van der Waals surface area contributed by atoms with Gasteiger partial charge in [0.15, 0.2) is 0 Å². The first kappa shape index (κ1) is 38.5. The van der Waals surface area contributed by atoms with Crippen LogP contribution in [0.3, 0.4) is 0 Å². The predicted molar refractivity (Wildman–Crippen MR) is 226 cm³/mol. The van der Waals surface area contributed by atoms with E-state index in [0.717, 1.165) is 46.2 Å². The molecular weight excluding hydrogens is 707 g/mol. The molecule has 0 saturated carbocycles. The van der Waals surface area contributed by atoms with Crippen molar-refractivity contribution in [1.29, 1.82) is 0 Å². The summed E-state index contributed by atoms with van der Waals surface area (Å²) in [6.45, 7) is 4.13. The van der Waals surface area contributed by atoms with Crippen molar-refractivity contribution in [1.82, 2.24) is 4.98 Å². The van der Waals surface area contributed by atoms with Gasteiger partial charge in [0.2, 0.25) is 0 Å². The summed E-state index contributed by atoms with van der Waals surface area (Å²) in [6, 6.07) is 56.6. The summed E-state index contributed by atoms with van der Waals surface area (Å²) in [4.78, 5) is 3.52. The highest BCUT2D eigenvalue weighted by molar-refractivity contribution is 5.84. The second kappa shape index (κ2) is 19.2. The average molecular weight is 758 g/mol. The minimum atomic E-state index is -0.513. The van der Waals surface area contributed by atoms with Crippen LogP contribution in [-0.2, 0) is 63.0 Å². The summed E-state index contributed by atoms with van der Waals surface area (Å²) in [5.74, 6) is 0. The van der Waals surface area contributed by atoms with E-state index in [1.165, 1.54) is 22.1 Å². The predicted octanol–water partition coefficient (Wildman–Crippen LogP) is 10.7. The van der Waals surface area contributed by atoms with Gasteiger partial charge in [0, 0.05) is 17.1 Å². The van der Waals surface area contributed by atoms with Gasteiger partial charge in [-0.15, -0.1) is 0 Å². The molecule has 6 heteroatoms. The van der Waals surface area contributed by atoms with Crippen LogP contribution in [0.5, 0.6) is 0 Å². The highest BCUT2D eigenvalue weighted by Gasteiger charge is 2.49. The van der Waals surface area contributed by atoms with Crippen LogP contribution in [-0.4, -0.2) is 36.0 Å². The van der Waals surface area contributed by atoms with Gasteiger partial charge < -0.3 is 28.7 Å². The van der Waals surface area contributed by atoms with Crippen LogP contribution in [0.2, 0.25) is 0 Å². The Morgan fingerprint density at radius 1 is 0.509 bits per heavy atom. The molecule has 1 N–H and O–H groups in total. The van der Waals surface area contributed by atoms with Gasteiger partial charge in [0.1, 0.15) is 30.5 Å². The van der Waals surface area contributed by atoms with Gasteiger partial charge in [-0.05, 0) is 69.5 Å². The molecule has 5 atom stereocenters. The van der Waals surface area contributed by atoms with Gasteiger partial charge in [0.25, 0.3) is 0 Å². The molecule has 1 aliphatic heterocycles. The Bertz CT molecular complexity index is 2240. The van der Waals surface area contributed by atoms with Gasteiger partial charge >= 0.3 is 0 Å². The number of aromatic nitrogens is 1. The number of ether oxygens (including phenoxy) is 5. The van der Waals surface area contributed by atoms with Crippen molar-refractivity contribution in [3.63, 3.8) is 0 Å². The van der Waals surface area contributed by atoms with Crippen LogP contribution in [0.1, 0.15) is 57.5 Å². The Morgan fingerprint density at radius 2 is 1.02 bits per heavy atom. The fourth-order valence-electron chi connectivity index (χ4n) is 7.69. The quantitative estimate of drug-likeness (QED) is 0.100. The Balaban J connectivity index is 1.17. The van der Waals surface area contributed by atoms with Crippen molar-refractivity contribution in [2.75, 3.05) is 6.61 Å². The largest absolute Gasteiger partial charge is 0.374 e. The van der Waals surface area contributed by atoms with E-state index in [9.17, 15) is 0 Å². The maximum absolute atomic E-state index is 7.24. The Labute approximate surface area is 336 Å². The number of aryl methyl sites for hydroxylation is 1. The smallest absolute Gasteiger partial charge is 0.117 e. The molecule has 7 aromatic rings. The number of fused-ring (bicyclic) bond motifs is 1. The molecule has 0 aliphatic carbocycles. The molecule has 0 unspecified atom stereocenters. The number of rotatable bonds is 17. The lowest BCUT2D eigenvalue weighted by Crippen LogP contribution is -2.58. The first-order chi connectivity index (χ1) is 28.2. The lowest BCUT2D eigenvalue weighted by molar-refractivity contribution is -0.275. The van der Waals surface area contributed by atoms with E-state index in [0.29, 0.717) is 33.0 Å². The zero-order valence-corrected chi connectivity index (χ0v) is 32.5. The topological polar surface area (TPSA) is 61.9 Å². The third-order valence-corrected chi connectivity index (χ3v) is 10.8. The van der Waals surface area contributed by atoms with E-state index in [1.54, 1.807) is 0 Å². The van der Waals surface area contributed by atoms with Crippen molar-refractivity contribution in [2.24, 2.45) is 0 Å². The number of hydrogen-bond donors (Lipinski definition) is 1. The lowest BCUT2D eigenvalue weighted by atomic mass is 9.89. The first-order valence-electron chi connectivity index (χ1n) is 20.1. The van der Waals surface area contributed by atoms with E-state index in [2.05, 4.69) is 109 Å². The molecular formula is C51H51NO5. The Hall–Kier alpha value is -5.34. The molecule has 0 bridgehead atoms. The lowest BCUT2D eigenvalue weighted by Gasteiger charge is -2.46. The number of H-pyrrole nitrogens is 1. The molecule has 6 nitrogen and oxygen atoms in total. The molecule has 1 fully saturated rings. The standard InChI is InChI=1S/C51H51NO5/c1-2-37-23-25-38(26-24-37)29-44-31-52-46-28-27-43(30-45(44)46)48-50(55-34-41-19-11-5-12-20-41)51(56-35-42-21-13-6-14-22-42)49(54-33-40-17-9-4-10-18-40)47(57-48)36-53-32-39-15-7-3-8-16-39/h3-28,30-31,47-52H,2,29,32-36H2,1H3/t47-,48+,49-,50+,51+/m1/s1. The molecule has 0 radical (unpaired) electrons. The third kappa shape index (κ3) is 9.98. The minimum absolute atomic E-state index is 0.312. The molecule has 1 aromatic heterocycles. The minimum Gasteiger partial charge on any atom is -0.374 e. The maximum atomic E-state index is 7.24. The zero-order valence-electron chi connectivity index (χ0n) is 32.5. The van der Waals surface area contributed by atoms with Gasteiger partial charge in [-0.2, -0.15) is 0 Å². The zero-order chi connectivity index (χ0) is 38.7. The number of benzene rings is 6. The molecule has 1 saturated heterocycles. The normalized spacial score (nSPS) is 19.5. The van der Waals surface area contributed by atoms with Crippen LogP contribution in [0, 0.1) is 0 Å². The van der Waals surface area contributed by atoms with Crippen LogP contribution >= 0.6 is 0 Å². The van der Waals surface area contributed by atoms with Gasteiger partial charge in [-0.3, -0.25) is 0 Å². The van der Waals surface area contributed by atoms with Gasteiger partial charge in [0.05, 0.1) is 33.0 Å². The Morgan fingerprint density at radius 3 is 1.58 bits per heavy atom.